The molecule has 2 N–H and O–H groups in total. The van der Waals surface area contributed by atoms with E-state index in [-0.39, 0.29) is 6.10 Å². The van der Waals surface area contributed by atoms with E-state index in [9.17, 15) is 5.11 Å². The van der Waals surface area contributed by atoms with Crippen LogP contribution in [0.4, 0.5) is 5.69 Å². The van der Waals surface area contributed by atoms with Gasteiger partial charge in [-0.1, -0.05) is 0 Å². The molecular formula is C17H22N6O2. The van der Waals surface area contributed by atoms with E-state index in [0.29, 0.717) is 17.8 Å². The normalized spacial score (nSPS) is 20.9. The number of aryl methyl sites for hydroxylation is 2. The van der Waals surface area contributed by atoms with Crippen LogP contribution in [0.3, 0.4) is 0 Å². The molecule has 4 rings (SSSR count). The fourth-order valence-corrected chi connectivity index (χ4v) is 3.41. The quantitative estimate of drug-likeness (QED) is 0.751. The van der Waals surface area contributed by atoms with Crippen LogP contribution in [0.15, 0.2) is 16.8 Å². The number of nitrogens with one attached hydrogen (secondary N) is 1. The Bertz CT molecular complexity index is 879. The van der Waals surface area contributed by atoms with Crippen molar-refractivity contribution in [3.63, 3.8) is 0 Å². The predicted molar refractivity (Wildman–Crippen MR) is 93.1 cm³/mol. The Morgan fingerprint density at radius 2 is 2.04 bits per heavy atom. The van der Waals surface area contributed by atoms with Crippen LogP contribution in [0.5, 0.6) is 0 Å². The highest BCUT2D eigenvalue weighted by molar-refractivity contribution is 5.96. The largest absolute Gasteiger partial charge is 0.421 e. The summed E-state index contributed by atoms with van der Waals surface area (Å²) >= 11 is 0. The minimum absolute atomic E-state index is 0.184. The van der Waals surface area contributed by atoms with E-state index in [1.165, 1.54) is 0 Å². The number of pyridine rings is 1. The number of aliphatic hydroxyl groups is 1. The van der Waals surface area contributed by atoms with Crippen molar-refractivity contribution in [1.82, 2.24) is 25.0 Å². The molecule has 25 heavy (non-hydrogen) atoms. The van der Waals surface area contributed by atoms with Gasteiger partial charge in [0.2, 0.25) is 5.89 Å². The number of fused-ring (bicyclic) bond motifs is 1. The lowest BCUT2D eigenvalue weighted by Crippen LogP contribution is -2.28. The molecule has 8 nitrogen and oxygen atoms in total. The number of aromatic nitrogens is 5. The molecule has 0 atom stereocenters. The van der Waals surface area contributed by atoms with Gasteiger partial charge in [0.1, 0.15) is 0 Å². The number of nitrogens with zero attached hydrogens (tertiary/aromatic N) is 5. The summed E-state index contributed by atoms with van der Waals surface area (Å²) in [6.07, 6.45) is 6.90. The highest BCUT2D eigenvalue weighted by atomic mass is 16.4. The molecule has 3 heterocycles. The SMILES string of the molecule is CCn1ncc2c(NC3CCC(O)CC3)c(-c3nnc(C)o3)cnc21. The third-order valence-electron chi connectivity index (χ3n) is 4.77. The molecule has 3 aromatic rings. The van der Waals surface area contributed by atoms with Crippen LogP contribution in [-0.4, -0.2) is 42.2 Å². The van der Waals surface area contributed by atoms with Crippen molar-refractivity contribution in [3.8, 4) is 11.5 Å². The third-order valence-corrected chi connectivity index (χ3v) is 4.77. The lowest BCUT2D eigenvalue weighted by Gasteiger charge is -2.27. The fourth-order valence-electron chi connectivity index (χ4n) is 3.41. The molecule has 0 spiro atoms. The Labute approximate surface area is 145 Å². The summed E-state index contributed by atoms with van der Waals surface area (Å²) in [7, 11) is 0. The van der Waals surface area contributed by atoms with Crippen molar-refractivity contribution < 1.29 is 9.52 Å². The number of aliphatic hydroxyl groups excluding tert-OH is 1. The van der Waals surface area contributed by atoms with Crippen LogP contribution in [-0.2, 0) is 6.54 Å². The van der Waals surface area contributed by atoms with E-state index in [2.05, 4.69) is 25.6 Å². The summed E-state index contributed by atoms with van der Waals surface area (Å²) in [5, 5.41) is 26.8. The standard InChI is InChI=1S/C17H22N6O2/c1-3-23-16-13(9-19-23)15(20-11-4-6-12(24)7-5-11)14(8-18-16)17-22-21-10(2)25-17/h8-9,11-12,24H,3-7H2,1-2H3,(H,18,20). The molecule has 3 aromatic heterocycles. The van der Waals surface area contributed by atoms with Gasteiger partial charge >= 0.3 is 0 Å². The molecule has 0 aliphatic heterocycles. The Hall–Kier alpha value is -2.48. The lowest BCUT2D eigenvalue weighted by atomic mass is 9.92. The molecule has 0 unspecified atom stereocenters. The van der Waals surface area contributed by atoms with Crippen molar-refractivity contribution in [2.45, 2.75) is 58.2 Å². The summed E-state index contributed by atoms with van der Waals surface area (Å²) in [6, 6.07) is 0.293. The lowest BCUT2D eigenvalue weighted by molar-refractivity contribution is 0.126. The molecule has 1 aliphatic rings. The number of hydrogen-bond donors (Lipinski definition) is 2. The first-order valence-electron chi connectivity index (χ1n) is 8.75. The second kappa shape index (κ2) is 6.44. The van der Waals surface area contributed by atoms with Crippen LogP contribution in [0.1, 0.15) is 38.5 Å². The third kappa shape index (κ3) is 2.97. The molecule has 0 aromatic carbocycles. The van der Waals surface area contributed by atoms with Gasteiger partial charge in [-0.3, -0.25) is 0 Å². The predicted octanol–water partition coefficient (Wildman–Crippen LogP) is 2.53. The maximum absolute atomic E-state index is 9.75. The van der Waals surface area contributed by atoms with Crippen molar-refractivity contribution in [1.29, 1.82) is 0 Å². The van der Waals surface area contributed by atoms with Crippen LogP contribution in [0.25, 0.3) is 22.5 Å². The zero-order valence-corrected chi connectivity index (χ0v) is 14.4. The van der Waals surface area contributed by atoms with Gasteiger partial charge in [0.25, 0.3) is 5.89 Å². The molecular weight excluding hydrogens is 320 g/mol. The molecule has 8 heteroatoms. The van der Waals surface area contributed by atoms with Crippen LogP contribution < -0.4 is 5.32 Å². The number of rotatable bonds is 4. The average Bonchev–Trinajstić information content (AvgIpc) is 3.23. The van der Waals surface area contributed by atoms with Gasteiger partial charge in [-0.25, -0.2) is 9.67 Å². The molecule has 0 bridgehead atoms. The first-order valence-corrected chi connectivity index (χ1v) is 8.75. The fraction of sp³-hybridized carbons (Fsp3) is 0.529. The zero-order chi connectivity index (χ0) is 17.4. The highest BCUT2D eigenvalue weighted by Crippen LogP contribution is 2.35. The van der Waals surface area contributed by atoms with Gasteiger partial charge < -0.3 is 14.8 Å². The molecule has 0 amide bonds. The average molecular weight is 342 g/mol. The van der Waals surface area contributed by atoms with Crippen molar-refractivity contribution in [2.75, 3.05) is 5.32 Å². The zero-order valence-electron chi connectivity index (χ0n) is 14.4. The summed E-state index contributed by atoms with van der Waals surface area (Å²) in [4.78, 5) is 4.56. The van der Waals surface area contributed by atoms with Crippen molar-refractivity contribution in [2.24, 2.45) is 0 Å². The van der Waals surface area contributed by atoms with E-state index in [1.54, 1.807) is 13.1 Å². The monoisotopic (exact) mass is 342 g/mol. The van der Waals surface area contributed by atoms with Crippen molar-refractivity contribution >= 4 is 16.7 Å². The Balaban J connectivity index is 1.78. The van der Waals surface area contributed by atoms with Crippen LogP contribution in [0, 0.1) is 6.92 Å². The van der Waals surface area contributed by atoms with Crippen LogP contribution >= 0.6 is 0 Å². The molecule has 132 valence electrons. The first-order chi connectivity index (χ1) is 12.2. The maximum atomic E-state index is 9.75. The second-order valence-corrected chi connectivity index (χ2v) is 6.52. The topological polar surface area (TPSA) is 102 Å². The summed E-state index contributed by atoms with van der Waals surface area (Å²) < 4.78 is 7.50. The van der Waals surface area contributed by atoms with E-state index < -0.39 is 0 Å². The van der Waals surface area contributed by atoms with E-state index in [0.717, 1.165) is 54.5 Å². The van der Waals surface area contributed by atoms with Gasteiger partial charge in [-0.2, -0.15) is 5.10 Å². The van der Waals surface area contributed by atoms with E-state index in [4.69, 9.17) is 4.42 Å². The highest BCUT2D eigenvalue weighted by Gasteiger charge is 2.23. The Morgan fingerprint density at radius 1 is 1.24 bits per heavy atom. The van der Waals surface area contributed by atoms with Gasteiger partial charge in [-0.05, 0) is 32.6 Å². The van der Waals surface area contributed by atoms with E-state index in [1.807, 2.05) is 17.8 Å². The summed E-state index contributed by atoms with van der Waals surface area (Å²) in [6.45, 7) is 4.57. The molecule has 0 saturated heterocycles. The molecule has 0 radical (unpaired) electrons. The summed E-state index contributed by atoms with van der Waals surface area (Å²) in [5.74, 6) is 0.973. The van der Waals surface area contributed by atoms with Gasteiger partial charge in [0, 0.05) is 25.7 Å². The maximum Gasteiger partial charge on any atom is 0.251 e. The van der Waals surface area contributed by atoms with E-state index >= 15 is 0 Å². The molecule has 1 aliphatic carbocycles. The smallest absolute Gasteiger partial charge is 0.251 e. The minimum atomic E-state index is -0.184. The van der Waals surface area contributed by atoms with Crippen LogP contribution in [0.2, 0.25) is 0 Å². The first kappa shape index (κ1) is 16.0. The molecule has 1 fully saturated rings. The number of anilines is 1. The van der Waals surface area contributed by atoms with Crippen molar-refractivity contribution in [3.05, 3.63) is 18.3 Å². The molecule has 1 saturated carbocycles. The minimum Gasteiger partial charge on any atom is -0.421 e. The second-order valence-electron chi connectivity index (χ2n) is 6.52. The Kier molecular flexibility index (Phi) is 4.12. The number of hydrogen-bond acceptors (Lipinski definition) is 7. The van der Waals surface area contributed by atoms with Gasteiger partial charge in [-0.15, -0.1) is 10.2 Å². The van der Waals surface area contributed by atoms with Gasteiger partial charge in [0.15, 0.2) is 5.65 Å². The van der Waals surface area contributed by atoms with Gasteiger partial charge in [0.05, 0.1) is 28.9 Å². The Morgan fingerprint density at radius 3 is 2.72 bits per heavy atom. The summed E-state index contributed by atoms with van der Waals surface area (Å²) in [5.41, 5.74) is 2.55.